The van der Waals surface area contributed by atoms with Crippen molar-refractivity contribution in [1.82, 2.24) is 40.9 Å². The molecular weight excluding hydrogens is 883 g/mol. The number of aromatic nitrogens is 3. The summed E-state index contributed by atoms with van der Waals surface area (Å²) in [7, 11) is -0.595. The molecule has 0 aliphatic heterocycles. The number of nitrogens with zero attached hydrogens (tertiary/aromatic N) is 3. The van der Waals surface area contributed by atoms with Gasteiger partial charge in [-0.3, -0.25) is 24.2 Å². The number of hydrogen-bond acceptors (Lipinski definition) is 10. The second-order valence-electron chi connectivity index (χ2n) is 18.5. The lowest BCUT2D eigenvalue weighted by Crippen LogP contribution is -2.57. The van der Waals surface area contributed by atoms with E-state index in [9.17, 15) is 32.7 Å². The molecule has 17 heteroatoms. The van der Waals surface area contributed by atoms with Crippen molar-refractivity contribution < 1.29 is 32.7 Å². The van der Waals surface area contributed by atoms with Crippen molar-refractivity contribution in [2.24, 2.45) is 23.7 Å². The second-order valence-corrected chi connectivity index (χ2v) is 20.2. The minimum absolute atomic E-state index is 0.00511. The van der Waals surface area contributed by atoms with Crippen molar-refractivity contribution in [3.05, 3.63) is 121 Å². The van der Waals surface area contributed by atoms with Gasteiger partial charge in [-0.2, -0.15) is 4.72 Å². The van der Waals surface area contributed by atoms with Gasteiger partial charge in [0, 0.05) is 61.0 Å². The summed E-state index contributed by atoms with van der Waals surface area (Å²) in [6.07, 6.45) is 4.24. The summed E-state index contributed by atoms with van der Waals surface area (Å²) in [6.45, 7) is 11.6. The molecule has 68 heavy (non-hydrogen) atoms. The number of aromatic amines is 1. The molecule has 0 spiro atoms. The van der Waals surface area contributed by atoms with Crippen molar-refractivity contribution in [2.45, 2.75) is 115 Å². The molecule has 5 rings (SSSR count). The summed E-state index contributed by atoms with van der Waals surface area (Å²) in [6, 6.07) is 20.5. The second kappa shape index (κ2) is 24.7. The van der Waals surface area contributed by atoms with Crippen molar-refractivity contribution in [3.63, 3.8) is 0 Å². The Bertz CT molecular complexity index is 2520. The molecule has 0 fully saturated rings. The SMILES string of the molecule is CC[C@H](C)[C@H](NC(=O)[C@H](C[C@H](O)[C@H](CC(C)C)NC(=O)[C@H](Cc1cnc[nH]1)NC(=O)[C@H](Cc1ccccc1)NS(=O)(=O)c1cccc2c(N(C)C)cccc12)C(C)C)C(=O)NCc1ccccn1. The molecule has 5 aromatic rings. The van der Waals surface area contributed by atoms with E-state index in [1.807, 2.05) is 84.8 Å². The van der Waals surface area contributed by atoms with Crippen LogP contribution < -0.4 is 30.9 Å². The maximum absolute atomic E-state index is 14.5. The molecule has 0 bridgehead atoms. The number of aliphatic hydroxyl groups excluding tert-OH is 1. The number of H-pyrrole nitrogens is 1. The highest BCUT2D eigenvalue weighted by Gasteiger charge is 2.36. The predicted octanol–water partition coefficient (Wildman–Crippen LogP) is 5.04. The standard InChI is InChI=1S/C51H69N9O7S/c1-9-34(6)47(51(65)54-30-36-19-13-14-24-53-36)58-48(62)40(33(4)5)28-45(61)41(25-32(2)3)56-49(63)42(27-37-29-52-31-55-37)57-50(64)43(26-35-17-11-10-12-18-35)59-68(66,67)46-23-16-20-38-39(46)21-15-22-44(38)60(7)8/h10-24,29,31-34,40-43,45,47,59,61H,9,25-28,30H2,1-8H3,(H,52,55)(H,54,65)(H,56,63)(H,57,64)(H,58,62)/t34-,40+,41-,42-,43-,45-,47-/m0/s1. The number of carbonyl (C=O) groups is 4. The van der Waals surface area contributed by atoms with Crippen LogP contribution in [0.4, 0.5) is 5.69 Å². The molecule has 4 amide bonds. The average molecular weight is 952 g/mol. The summed E-state index contributed by atoms with van der Waals surface area (Å²) in [5.41, 5.74) is 2.70. The number of anilines is 1. The molecule has 16 nitrogen and oxygen atoms in total. The first-order valence-electron chi connectivity index (χ1n) is 23.4. The van der Waals surface area contributed by atoms with E-state index in [1.165, 1.54) is 18.6 Å². The van der Waals surface area contributed by atoms with E-state index >= 15 is 0 Å². The van der Waals surface area contributed by atoms with Gasteiger partial charge in [-0.15, -0.1) is 0 Å². The van der Waals surface area contributed by atoms with Crippen molar-refractivity contribution in [1.29, 1.82) is 0 Å². The minimum atomic E-state index is -4.34. The maximum Gasteiger partial charge on any atom is 0.243 e. The van der Waals surface area contributed by atoms with E-state index in [4.69, 9.17) is 0 Å². The van der Waals surface area contributed by atoms with Gasteiger partial charge >= 0.3 is 0 Å². The Balaban J connectivity index is 1.38. The lowest BCUT2D eigenvalue weighted by atomic mass is 9.85. The number of hydrogen-bond donors (Lipinski definition) is 7. The smallest absolute Gasteiger partial charge is 0.243 e. The zero-order valence-electron chi connectivity index (χ0n) is 40.4. The normalized spacial score (nSPS) is 14.9. The molecule has 0 aliphatic carbocycles. The predicted molar refractivity (Wildman–Crippen MR) is 265 cm³/mol. The third-order valence-corrected chi connectivity index (χ3v) is 13.8. The van der Waals surface area contributed by atoms with E-state index in [2.05, 4.69) is 40.9 Å². The fraction of sp³-hybridized carbons (Fsp3) is 0.451. The Morgan fingerprint density at radius 2 is 1.44 bits per heavy atom. The van der Waals surface area contributed by atoms with E-state index in [-0.39, 0.29) is 54.4 Å². The molecule has 366 valence electrons. The zero-order valence-corrected chi connectivity index (χ0v) is 41.2. The fourth-order valence-electron chi connectivity index (χ4n) is 8.24. The Hall–Kier alpha value is -6.17. The summed E-state index contributed by atoms with van der Waals surface area (Å²) >= 11 is 0. The third kappa shape index (κ3) is 14.7. The number of benzene rings is 3. The van der Waals surface area contributed by atoms with Crippen LogP contribution >= 0.6 is 0 Å². The lowest BCUT2D eigenvalue weighted by Gasteiger charge is -2.32. The molecule has 2 aromatic heterocycles. The summed E-state index contributed by atoms with van der Waals surface area (Å²) in [5.74, 6) is -3.32. The molecule has 0 radical (unpaired) electrons. The Morgan fingerprint density at radius 1 is 0.750 bits per heavy atom. The van der Waals surface area contributed by atoms with Crippen molar-refractivity contribution in [3.8, 4) is 0 Å². The number of imidazole rings is 1. The summed E-state index contributed by atoms with van der Waals surface area (Å²) in [4.78, 5) is 69.9. The topological polar surface area (TPSA) is 228 Å². The molecular formula is C51H69N9O7S. The first-order chi connectivity index (χ1) is 32.4. The van der Waals surface area contributed by atoms with Crippen LogP contribution in [0.15, 0.2) is 109 Å². The number of amides is 4. The van der Waals surface area contributed by atoms with Gasteiger partial charge in [0.2, 0.25) is 33.7 Å². The van der Waals surface area contributed by atoms with Gasteiger partial charge < -0.3 is 36.3 Å². The number of fused-ring (bicyclic) bond motifs is 1. The number of nitrogens with one attached hydrogen (secondary N) is 6. The molecule has 0 unspecified atom stereocenters. The first-order valence-corrected chi connectivity index (χ1v) is 24.9. The van der Waals surface area contributed by atoms with Gasteiger partial charge in [0.05, 0.1) is 35.6 Å². The molecule has 0 aliphatic rings. The van der Waals surface area contributed by atoms with Gasteiger partial charge in [0.25, 0.3) is 0 Å². The van der Waals surface area contributed by atoms with E-state index in [0.717, 1.165) is 11.1 Å². The summed E-state index contributed by atoms with van der Waals surface area (Å²) < 4.78 is 31.4. The molecule has 3 aromatic carbocycles. The first kappa shape index (κ1) is 52.8. The van der Waals surface area contributed by atoms with E-state index in [1.54, 1.807) is 60.8 Å². The number of carbonyl (C=O) groups excluding carboxylic acids is 4. The average Bonchev–Trinajstić information content (AvgIpc) is 3.83. The largest absolute Gasteiger partial charge is 0.391 e. The van der Waals surface area contributed by atoms with Crippen LogP contribution in [0.1, 0.15) is 77.8 Å². The van der Waals surface area contributed by atoms with Crippen LogP contribution in [-0.4, -0.2) is 96.5 Å². The Kier molecular flexibility index (Phi) is 19.2. The van der Waals surface area contributed by atoms with Gasteiger partial charge in [0.15, 0.2) is 0 Å². The van der Waals surface area contributed by atoms with Gasteiger partial charge in [-0.05, 0) is 66.8 Å². The van der Waals surface area contributed by atoms with Crippen LogP contribution in [0.2, 0.25) is 0 Å². The number of aliphatic hydroxyl groups is 1. The fourth-order valence-corrected chi connectivity index (χ4v) is 9.65. The van der Waals surface area contributed by atoms with Crippen LogP contribution in [0, 0.1) is 23.7 Å². The van der Waals surface area contributed by atoms with E-state index < -0.39 is 63.9 Å². The molecule has 0 saturated carbocycles. The van der Waals surface area contributed by atoms with Crippen LogP contribution in [0.25, 0.3) is 10.8 Å². The highest BCUT2D eigenvalue weighted by molar-refractivity contribution is 7.89. The molecule has 2 heterocycles. The lowest BCUT2D eigenvalue weighted by molar-refractivity contribution is -0.134. The van der Waals surface area contributed by atoms with Gasteiger partial charge in [-0.1, -0.05) is 109 Å². The van der Waals surface area contributed by atoms with E-state index in [0.29, 0.717) is 35.2 Å². The molecule has 7 atom stereocenters. The highest BCUT2D eigenvalue weighted by atomic mass is 32.2. The molecule has 7 N–H and O–H groups in total. The number of pyridine rings is 1. The Morgan fingerprint density at radius 3 is 2.07 bits per heavy atom. The number of sulfonamides is 1. The monoisotopic (exact) mass is 952 g/mol. The summed E-state index contributed by atoms with van der Waals surface area (Å²) in [5, 5.41) is 24.8. The van der Waals surface area contributed by atoms with Crippen molar-refractivity contribution in [2.75, 3.05) is 19.0 Å². The van der Waals surface area contributed by atoms with Crippen LogP contribution in [-0.2, 0) is 48.6 Å². The maximum atomic E-state index is 14.5. The van der Waals surface area contributed by atoms with Crippen molar-refractivity contribution >= 4 is 50.1 Å². The van der Waals surface area contributed by atoms with Gasteiger partial charge in [0.1, 0.15) is 18.1 Å². The quantitative estimate of drug-likeness (QED) is 0.0413. The molecule has 0 saturated heterocycles. The van der Waals surface area contributed by atoms with Crippen LogP contribution in [0.3, 0.4) is 0 Å². The van der Waals surface area contributed by atoms with Gasteiger partial charge in [-0.25, -0.2) is 13.4 Å². The number of rotatable bonds is 25. The minimum Gasteiger partial charge on any atom is -0.391 e. The van der Waals surface area contributed by atoms with Crippen LogP contribution in [0.5, 0.6) is 0 Å². The Labute approximate surface area is 400 Å². The third-order valence-electron chi connectivity index (χ3n) is 12.3. The highest BCUT2D eigenvalue weighted by Crippen LogP contribution is 2.30. The zero-order chi connectivity index (χ0) is 49.5.